The number of ether oxygens (including phenoxy) is 2. The summed E-state index contributed by atoms with van der Waals surface area (Å²) in [6, 6.07) is 6.04. The average molecular weight is 263 g/mol. The van der Waals surface area contributed by atoms with Crippen LogP contribution in [0.25, 0.3) is 0 Å². The highest BCUT2D eigenvalue weighted by Gasteiger charge is 2.36. The zero-order chi connectivity index (χ0) is 14.1. The number of rotatable bonds is 3. The van der Waals surface area contributed by atoms with Gasteiger partial charge < -0.3 is 15.2 Å². The van der Waals surface area contributed by atoms with Crippen molar-refractivity contribution in [3.8, 4) is 11.5 Å². The molecule has 2 N–H and O–H groups in total. The number of benzene rings is 1. The summed E-state index contributed by atoms with van der Waals surface area (Å²) in [5.74, 6) is 1.51. The molecule has 0 aliphatic heterocycles. The maximum atomic E-state index is 6.62. The van der Waals surface area contributed by atoms with E-state index in [0.717, 1.165) is 42.7 Å². The van der Waals surface area contributed by atoms with Gasteiger partial charge in [-0.3, -0.25) is 0 Å². The van der Waals surface area contributed by atoms with Gasteiger partial charge in [0.1, 0.15) is 0 Å². The minimum atomic E-state index is -0.227. The van der Waals surface area contributed by atoms with Gasteiger partial charge in [0.2, 0.25) is 0 Å². The smallest absolute Gasteiger partial charge is 0.161 e. The fourth-order valence-corrected chi connectivity index (χ4v) is 2.81. The Morgan fingerprint density at radius 3 is 2.05 bits per heavy atom. The molecule has 2 rings (SSSR count). The molecule has 106 valence electrons. The van der Waals surface area contributed by atoms with E-state index in [-0.39, 0.29) is 5.54 Å². The van der Waals surface area contributed by atoms with Crippen molar-refractivity contribution in [1.82, 2.24) is 0 Å². The lowest BCUT2D eigenvalue weighted by molar-refractivity contribution is 0.165. The molecular weight excluding hydrogens is 238 g/mol. The second-order valence-corrected chi connectivity index (χ2v) is 6.39. The fraction of sp³-hybridized carbons (Fsp3) is 0.625. The van der Waals surface area contributed by atoms with Crippen LogP contribution in [0.3, 0.4) is 0 Å². The van der Waals surface area contributed by atoms with Gasteiger partial charge in [0.15, 0.2) is 11.5 Å². The quantitative estimate of drug-likeness (QED) is 0.908. The van der Waals surface area contributed by atoms with Crippen molar-refractivity contribution in [3.63, 3.8) is 0 Å². The molecule has 1 fully saturated rings. The van der Waals surface area contributed by atoms with Crippen LogP contribution in [0.4, 0.5) is 0 Å². The molecule has 0 spiro atoms. The second-order valence-electron chi connectivity index (χ2n) is 6.39. The van der Waals surface area contributed by atoms with E-state index in [9.17, 15) is 0 Å². The van der Waals surface area contributed by atoms with Crippen molar-refractivity contribution in [2.24, 2.45) is 11.1 Å². The Kier molecular flexibility index (Phi) is 3.77. The lowest BCUT2D eigenvalue weighted by Gasteiger charge is -2.41. The Balaban J connectivity index is 2.26. The van der Waals surface area contributed by atoms with Gasteiger partial charge in [0, 0.05) is 5.54 Å². The molecule has 0 atom stereocenters. The van der Waals surface area contributed by atoms with Crippen molar-refractivity contribution in [3.05, 3.63) is 23.8 Å². The molecule has 0 amide bonds. The van der Waals surface area contributed by atoms with Crippen LogP contribution in [0.15, 0.2) is 18.2 Å². The zero-order valence-corrected chi connectivity index (χ0v) is 12.5. The van der Waals surface area contributed by atoms with E-state index in [1.54, 1.807) is 14.2 Å². The van der Waals surface area contributed by atoms with Gasteiger partial charge in [-0.2, -0.15) is 0 Å². The third-order valence-corrected chi connectivity index (χ3v) is 4.45. The SMILES string of the molecule is COc1ccc(C2(N)CCC(C)(C)CC2)cc1OC. The molecule has 19 heavy (non-hydrogen) atoms. The van der Waals surface area contributed by atoms with E-state index in [2.05, 4.69) is 19.9 Å². The molecule has 0 unspecified atom stereocenters. The van der Waals surface area contributed by atoms with E-state index in [1.807, 2.05) is 12.1 Å². The molecule has 0 heterocycles. The Morgan fingerprint density at radius 2 is 1.53 bits per heavy atom. The first kappa shape index (κ1) is 14.2. The van der Waals surface area contributed by atoms with Crippen molar-refractivity contribution in [2.75, 3.05) is 14.2 Å². The maximum Gasteiger partial charge on any atom is 0.161 e. The van der Waals surface area contributed by atoms with Crippen LogP contribution < -0.4 is 15.2 Å². The van der Waals surface area contributed by atoms with E-state index < -0.39 is 0 Å². The van der Waals surface area contributed by atoms with E-state index in [0.29, 0.717) is 5.41 Å². The van der Waals surface area contributed by atoms with Crippen LogP contribution >= 0.6 is 0 Å². The highest BCUT2D eigenvalue weighted by Crippen LogP contribution is 2.45. The van der Waals surface area contributed by atoms with E-state index in [4.69, 9.17) is 15.2 Å². The molecule has 1 aliphatic rings. The third kappa shape index (κ3) is 2.86. The number of hydrogen-bond acceptors (Lipinski definition) is 3. The van der Waals surface area contributed by atoms with Gasteiger partial charge >= 0.3 is 0 Å². The monoisotopic (exact) mass is 263 g/mol. The second kappa shape index (κ2) is 5.04. The minimum absolute atomic E-state index is 0.227. The molecule has 0 radical (unpaired) electrons. The molecular formula is C16H25NO2. The Labute approximate surface area is 116 Å². The predicted molar refractivity (Wildman–Crippen MR) is 77.7 cm³/mol. The summed E-state index contributed by atoms with van der Waals surface area (Å²) in [5.41, 5.74) is 7.96. The van der Waals surface area contributed by atoms with Crippen LogP contribution in [-0.2, 0) is 5.54 Å². The summed E-state index contributed by atoms with van der Waals surface area (Å²) in [5, 5.41) is 0. The Morgan fingerprint density at radius 1 is 0.947 bits per heavy atom. The molecule has 0 aromatic heterocycles. The normalized spacial score (nSPS) is 20.9. The molecule has 0 saturated heterocycles. The summed E-state index contributed by atoms with van der Waals surface area (Å²) in [7, 11) is 3.31. The van der Waals surface area contributed by atoms with Gasteiger partial charge in [-0.15, -0.1) is 0 Å². The highest BCUT2D eigenvalue weighted by atomic mass is 16.5. The van der Waals surface area contributed by atoms with Crippen molar-refractivity contribution in [1.29, 1.82) is 0 Å². The van der Waals surface area contributed by atoms with Crippen molar-refractivity contribution in [2.45, 2.75) is 45.1 Å². The fourth-order valence-electron chi connectivity index (χ4n) is 2.81. The summed E-state index contributed by atoms with van der Waals surface area (Å²) in [6.45, 7) is 4.64. The van der Waals surface area contributed by atoms with Crippen LogP contribution in [0, 0.1) is 5.41 Å². The standard InChI is InChI=1S/C16H25NO2/c1-15(2)7-9-16(17,10-8-15)12-5-6-13(18-3)14(11-12)19-4/h5-6,11H,7-10,17H2,1-4H3. The van der Waals surface area contributed by atoms with Gasteiger partial charge in [0.25, 0.3) is 0 Å². The minimum Gasteiger partial charge on any atom is -0.493 e. The van der Waals surface area contributed by atoms with E-state index in [1.165, 1.54) is 0 Å². The van der Waals surface area contributed by atoms with E-state index >= 15 is 0 Å². The number of nitrogens with two attached hydrogens (primary N) is 1. The maximum absolute atomic E-state index is 6.62. The van der Waals surface area contributed by atoms with Crippen LogP contribution in [0.5, 0.6) is 11.5 Å². The number of hydrogen-bond donors (Lipinski definition) is 1. The summed E-state index contributed by atoms with van der Waals surface area (Å²) in [6.07, 6.45) is 4.38. The Bertz CT molecular complexity index is 444. The van der Waals surface area contributed by atoms with Crippen molar-refractivity contribution >= 4 is 0 Å². The first-order chi connectivity index (χ1) is 8.90. The molecule has 3 nitrogen and oxygen atoms in total. The zero-order valence-electron chi connectivity index (χ0n) is 12.5. The molecule has 1 aliphatic carbocycles. The lowest BCUT2D eigenvalue weighted by Crippen LogP contribution is -2.42. The van der Waals surface area contributed by atoms with Crippen LogP contribution in [-0.4, -0.2) is 14.2 Å². The molecule has 1 saturated carbocycles. The van der Waals surface area contributed by atoms with Crippen LogP contribution in [0.2, 0.25) is 0 Å². The highest BCUT2D eigenvalue weighted by molar-refractivity contribution is 5.45. The van der Waals surface area contributed by atoms with Crippen LogP contribution in [0.1, 0.15) is 45.1 Å². The van der Waals surface area contributed by atoms with Gasteiger partial charge in [-0.25, -0.2) is 0 Å². The molecule has 1 aromatic rings. The topological polar surface area (TPSA) is 44.5 Å². The number of methoxy groups -OCH3 is 2. The summed E-state index contributed by atoms with van der Waals surface area (Å²) in [4.78, 5) is 0. The van der Waals surface area contributed by atoms with Gasteiger partial charge in [-0.1, -0.05) is 19.9 Å². The Hall–Kier alpha value is -1.22. The third-order valence-electron chi connectivity index (χ3n) is 4.45. The summed E-state index contributed by atoms with van der Waals surface area (Å²) >= 11 is 0. The summed E-state index contributed by atoms with van der Waals surface area (Å²) < 4.78 is 10.7. The van der Waals surface area contributed by atoms with Gasteiger partial charge in [-0.05, 0) is 48.8 Å². The van der Waals surface area contributed by atoms with Crippen molar-refractivity contribution < 1.29 is 9.47 Å². The first-order valence-electron chi connectivity index (χ1n) is 6.92. The van der Waals surface area contributed by atoms with Gasteiger partial charge in [0.05, 0.1) is 14.2 Å². The molecule has 0 bridgehead atoms. The molecule has 1 aromatic carbocycles. The largest absolute Gasteiger partial charge is 0.493 e. The molecule has 3 heteroatoms. The lowest BCUT2D eigenvalue weighted by atomic mass is 9.67. The first-order valence-corrected chi connectivity index (χ1v) is 6.92. The average Bonchev–Trinajstić information content (AvgIpc) is 2.41. The predicted octanol–water partition coefficient (Wildman–Crippen LogP) is 3.46.